The number of carbonyl (C=O) groups is 1. The molecule has 1 aromatic carbocycles. The van der Waals surface area contributed by atoms with E-state index >= 15 is 0 Å². The predicted molar refractivity (Wildman–Crippen MR) is 113 cm³/mol. The number of hydrogen-bond donors (Lipinski definition) is 1. The Morgan fingerprint density at radius 1 is 1.20 bits per heavy atom. The van der Waals surface area contributed by atoms with Gasteiger partial charge in [-0.15, -0.1) is 0 Å². The fourth-order valence-corrected chi connectivity index (χ4v) is 4.40. The molecule has 3 heterocycles. The summed E-state index contributed by atoms with van der Waals surface area (Å²) in [5, 5.41) is 11.6. The Morgan fingerprint density at radius 3 is 2.63 bits per heavy atom. The molecule has 0 bridgehead atoms. The molecule has 2 aliphatic rings. The summed E-state index contributed by atoms with van der Waals surface area (Å²) in [7, 11) is 0. The monoisotopic (exact) mass is 414 g/mol. The molecule has 2 aromatic rings. The topological polar surface area (TPSA) is 87.9 Å². The van der Waals surface area contributed by atoms with Crippen LogP contribution in [0.1, 0.15) is 19.8 Å². The van der Waals surface area contributed by atoms with Crippen molar-refractivity contribution in [1.82, 2.24) is 19.4 Å². The van der Waals surface area contributed by atoms with Gasteiger partial charge in [0.1, 0.15) is 0 Å². The highest BCUT2D eigenvalue weighted by molar-refractivity contribution is 5.79. The number of morpholine rings is 1. The number of piperidine rings is 1. The minimum Gasteiger partial charge on any atom is -0.388 e. The van der Waals surface area contributed by atoms with Gasteiger partial charge in [-0.1, -0.05) is 19.1 Å². The third-order valence-electron chi connectivity index (χ3n) is 6.26. The summed E-state index contributed by atoms with van der Waals surface area (Å²) in [5.74, 6) is 0.0506. The maximum atomic E-state index is 12.9. The fraction of sp³-hybridized carbons (Fsp3) is 0.591. The molecule has 0 radical (unpaired) electrons. The van der Waals surface area contributed by atoms with Crippen molar-refractivity contribution in [2.45, 2.75) is 31.9 Å². The van der Waals surface area contributed by atoms with Crippen molar-refractivity contribution < 1.29 is 14.6 Å². The molecule has 0 saturated carbocycles. The Labute approximate surface area is 176 Å². The van der Waals surface area contributed by atoms with Gasteiger partial charge in [0.05, 0.1) is 42.6 Å². The van der Waals surface area contributed by atoms with E-state index in [2.05, 4.69) is 9.88 Å². The standard InChI is InChI=1S/C22H30N4O4/c1-17(14-24-10-12-30-13-11-24)20(27)25-8-6-22(29,7-9-25)15-26-16-23-19-5-3-2-4-18(19)21(26)28/h2-5,16-17,29H,6-15H2,1H3/t17-/m0/s1. The van der Waals surface area contributed by atoms with Crippen LogP contribution in [-0.2, 0) is 16.1 Å². The number of amides is 1. The van der Waals surface area contributed by atoms with Crippen LogP contribution in [0.25, 0.3) is 10.9 Å². The van der Waals surface area contributed by atoms with Crippen LogP contribution in [0.4, 0.5) is 0 Å². The van der Waals surface area contributed by atoms with E-state index in [1.54, 1.807) is 12.1 Å². The summed E-state index contributed by atoms with van der Waals surface area (Å²) in [6.07, 6.45) is 2.40. The van der Waals surface area contributed by atoms with Gasteiger partial charge in [-0.05, 0) is 25.0 Å². The van der Waals surface area contributed by atoms with Crippen LogP contribution >= 0.6 is 0 Å². The molecule has 30 heavy (non-hydrogen) atoms. The number of carbonyl (C=O) groups excluding carboxylic acids is 1. The minimum absolute atomic E-state index is 0.0819. The quantitative estimate of drug-likeness (QED) is 0.776. The number of nitrogens with zero attached hydrogens (tertiary/aromatic N) is 4. The van der Waals surface area contributed by atoms with Crippen LogP contribution < -0.4 is 5.56 Å². The number of hydrogen-bond acceptors (Lipinski definition) is 6. The molecule has 0 aliphatic carbocycles. The maximum absolute atomic E-state index is 12.9. The highest BCUT2D eigenvalue weighted by Crippen LogP contribution is 2.25. The zero-order chi connectivity index (χ0) is 21.1. The van der Waals surface area contributed by atoms with Gasteiger partial charge >= 0.3 is 0 Å². The van der Waals surface area contributed by atoms with Crippen LogP contribution in [-0.4, -0.2) is 81.9 Å². The number of rotatable bonds is 5. The third kappa shape index (κ3) is 4.55. The molecular weight excluding hydrogens is 384 g/mol. The van der Waals surface area contributed by atoms with Gasteiger partial charge in [0.25, 0.3) is 5.56 Å². The Hall–Kier alpha value is -2.29. The Bertz CT molecular complexity index is 946. The summed E-state index contributed by atoms with van der Waals surface area (Å²) < 4.78 is 6.86. The van der Waals surface area contributed by atoms with E-state index in [9.17, 15) is 14.7 Å². The lowest BCUT2D eigenvalue weighted by atomic mass is 9.90. The average Bonchev–Trinajstić information content (AvgIpc) is 2.76. The van der Waals surface area contributed by atoms with E-state index in [0.29, 0.717) is 36.8 Å². The molecular formula is C22H30N4O4. The highest BCUT2D eigenvalue weighted by atomic mass is 16.5. The van der Waals surface area contributed by atoms with E-state index in [1.165, 1.54) is 10.9 Å². The second-order valence-electron chi connectivity index (χ2n) is 8.56. The molecule has 2 aliphatic heterocycles. The average molecular weight is 415 g/mol. The van der Waals surface area contributed by atoms with Crippen LogP contribution in [0.15, 0.2) is 35.4 Å². The van der Waals surface area contributed by atoms with Crippen molar-refractivity contribution in [2.24, 2.45) is 5.92 Å². The molecule has 4 rings (SSSR count). The summed E-state index contributed by atoms with van der Waals surface area (Å²) in [6.45, 7) is 7.07. The van der Waals surface area contributed by atoms with Crippen molar-refractivity contribution in [3.05, 3.63) is 40.9 Å². The molecule has 0 unspecified atom stereocenters. The molecule has 2 saturated heterocycles. The smallest absolute Gasteiger partial charge is 0.261 e. The van der Waals surface area contributed by atoms with Crippen LogP contribution in [0.3, 0.4) is 0 Å². The van der Waals surface area contributed by atoms with Crippen LogP contribution in [0.2, 0.25) is 0 Å². The number of likely N-dealkylation sites (tertiary alicyclic amines) is 1. The number of aliphatic hydroxyl groups is 1. The summed E-state index contributed by atoms with van der Waals surface area (Å²) in [6, 6.07) is 7.21. The molecule has 1 atom stereocenters. The summed E-state index contributed by atoms with van der Waals surface area (Å²) in [5.41, 5.74) is -0.509. The van der Waals surface area contributed by atoms with Crippen molar-refractivity contribution in [1.29, 1.82) is 0 Å². The zero-order valence-electron chi connectivity index (χ0n) is 17.5. The minimum atomic E-state index is -1.02. The van der Waals surface area contributed by atoms with Crippen molar-refractivity contribution >= 4 is 16.8 Å². The number of benzene rings is 1. The first-order chi connectivity index (χ1) is 14.5. The maximum Gasteiger partial charge on any atom is 0.261 e. The third-order valence-corrected chi connectivity index (χ3v) is 6.26. The van der Waals surface area contributed by atoms with E-state index in [4.69, 9.17) is 4.74 Å². The van der Waals surface area contributed by atoms with Crippen molar-refractivity contribution in [3.8, 4) is 0 Å². The molecule has 2 fully saturated rings. The van der Waals surface area contributed by atoms with Crippen LogP contribution in [0, 0.1) is 5.92 Å². The lowest BCUT2D eigenvalue weighted by Crippen LogP contribution is -2.52. The number of fused-ring (bicyclic) bond motifs is 1. The lowest BCUT2D eigenvalue weighted by Gasteiger charge is -2.39. The van der Waals surface area contributed by atoms with Gasteiger partial charge in [-0.25, -0.2) is 4.98 Å². The molecule has 8 nitrogen and oxygen atoms in total. The second-order valence-corrected chi connectivity index (χ2v) is 8.56. The normalized spacial score (nSPS) is 20.9. The van der Waals surface area contributed by atoms with E-state index in [-0.39, 0.29) is 23.9 Å². The summed E-state index contributed by atoms with van der Waals surface area (Å²) in [4.78, 5) is 34.0. The van der Waals surface area contributed by atoms with E-state index in [1.807, 2.05) is 24.0 Å². The Morgan fingerprint density at radius 2 is 1.90 bits per heavy atom. The van der Waals surface area contributed by atoms with Gasteiger partial charge in [0.2, 0.25) is 5.91 Å². The molecule has 1 amide bonds. The van der Waals surface area contributed by atoms with Crippen molar-refractivity contribution in [2.75, 3.05) is 45.9 Å². The van der Waals surface area contributed by atoms with E-state index in [0.717, 1.165) is 32.8 Å². The van der Waals surface area contributed by atoms with Gasteiger partial charge in [0.15, 0.2) is 0 Å². The number of ether oxygens (including phenoxy) is 1. The first kappa shape index (κ1) is 21.0. The first-order valence-electron chi connectivity index (χ1n) is 10.7. The van der Waals surface area contributed by atoms with Crippen molar-refractivity contribution in [3.63, 3.8) is 0 Å². The Kier molecular flexibility index (Phi) is 6.17. The SMILES string of the molecule is C[C@@H](CN1CCOCC1)C(=O)N1CCC(O)(Cn2cnc3ccccc3c2=O)CC1. The van der Waals surface area contributed by atoms with Gasteiger partial charge < -0.3 is 14.7 Å². The fourth-order valence-electron chi connectivity index (χ4n) is 4.40. The zero-order valence-corrected chi connectivity index (χ0v) is 17.5. The molecule has 8 heteroatoms. The summed E-state index contributed by atoms with van der Waals surface area (Å²) >= 11 is 0. The van der Waals surface area contributed by atoms with Gasteiger partial charge in [-0.2, -0.15) is 0 Å². The number of para-hydroxylation sites is 1. The predicted octanol–water partition coefficient (Wildman–Crippen LogP) is 0.718. The molecule has 1 N–H and O–H groups in total. The van der Waals surface area contributed by atoms with E-state index < -0.39 is 5.60 Å². The second kappa shape index (κ2) is 8.83. The molecule has 0 spiro atoms. The van der Waals surface area contributed by atoms with Crippen LogP contribution in [0.5, 0.6) is 0 Å². The first-order valence-corrected chi connectivity index (χ1v) is 10.7. The van der Waals surface area contributed by atoms with Gasteiger partial charge in [-0.3, -0.25) is 19.1 Å². The lowest BCUT2D eigenvalue weighted by molar-refractivity contribution is -0.140. The Balaban J connectivity index is 1.35. The highest BCUT2D eigenvalue weighted by Gasteiger charge is 2.36. The molecule has 162 valence electrons. The van der Waals surface area contributed by atoms with Gasteiger partial charge in [0, 0.05) is 38.6 Å². The number of aromatic nitrogens is 2. The largest absolute Gasteiger partial charge is 0.388 e. The molecule has 1 aromatic heterocycles.